The number of anilines is 1. The SMILES string of the molecule is O=C(NC1CC1)c1cc(N2CCN[C@@H]3CS(=O)(=O)C[C@@H]32)nc2ccccc12. The van der Waals surface area contributed by atoms with E-state index in [4.69, 9.17) is 4.98 Å². The zero-order chi connectivity index (χ0) is 18.6. The molecular formula is C19H22N4O3S. The van der Waals surface area contributed by atoms with E-state index < -0.39 is 9.84 Å². The smallest absolute Gasteiger partial charge is 0.252 e. The Bertz CT molecular complexity index is 1020. The van der Waals surface area contributed by atoms with Crippen molar-refractivity contribution < 1.29 is 13.2 Å². The van der Waals surface area contributed by atoms with Gasteiger partial charge in [0.25, 0.3) is 5.91 Å². The molecule has 3 aliphatic rings. The molecular weight excluding hydrogens is 364 g/mol. The van der Waals surface area contributed by atoms with Crippen molar-refractivity contribution in [3.63, 3.8) is 0 Å². The lowest BCUT2D eigenvalue weighted by molar-refractivity contribution is 0.0952. The van der Waals surface area contributed by atoms with Crippen LogP contribution in [0, 0.1) is 0 Å². The van der Waals surface area contributed by atoms with E-state index in [1.165, 1.54) is 0 Å². The van der Waals surface area contributed by atoms with Crippen molar-refractivity contribution in [1.82, 2.24) is 15.6 Å². The van der Waals surface area contributed by atoms with E-state index in [-0.39, 0.29) is 35.5 Å². The zero-order valence-electron chi connectivity index (χ0n) is 14.9. The van der Waals surface area contributed by atoms with E-state index in [1.54, 1.807) is 0 Å². The van der Waals surface area contributed by atoms with Gasteiger partial charge in [0, 0.05) is 30.6 Å². The van der Waals surface area contributed by atoms with Crippen LogP contribution in [0.25, 0.3) is 10.9 Å². The Hall–Kier alpha value is -2.19. The molecule has 0 spiro atoms. The Labute approximate surface area is 158 Å². The van der Waals surface area contributed by atoms with Crippen LogP contribution in [0.1, 0.15) is 23.2 Å². The van der Waals surface area contributed by atoms with Crippen LogP contribution >= 0.6 is 0 Å². The average molecular weight is 386 g/mol. The average Bonchev–Trinajstić information content (AvgIpc) is 3.39. The molecule has 2 atom stereocenters. The molecule has 1 aliphatic carbocycles. The topological polar surface area (TPSA) is 91.4 Å². The standard InChI is InChI=1S/C19H22N4O3S/c24-19(21-12-5-6-12)14-9-18(22-15-4-2-1-3-13(14)15)23-8-7-20-16-10-27(25,26)11-17(16)23/h1-4,9,12,16-17,20H,5-8,10-11H2,(H,21,24)/t16-,17+/m1/s1. The van der Waals surface area contributed by atoms with Gasteiger partial charge >= 0.3 is 0 Å². The number of pyridine rings is 1. The number of piperazine rings is 1. The van der Waals surface area contributed by atoms with Crippen molar-refractivity contribution in [3.8, 4) is 0 Å². The highest BCUT2D eigenvalue weighted by atomic mass is 32.2. The number of amides is 1. The molecule has 1 amide bonds. The van der Waals surface area contributed by atoms with E-state index >= 15 is 0 Å². The highest BCUT2D eigenvalue weighted by molar-refractivity contribution is 7.91. The maximum atomic E-state index is 12.8. The molecule has 1 aromatic carbocycles. The minimum atomic E-state index is -3.06. The van der Waals surface area contributed by atoms with E-state index in [9.17, 15) is 13.2 Å². The number of nitrogens with one attached hydrogen (secondary N) is 2. The van der Waals surface area contributed by atoms with Gasteiger partial charge in [0.15, 0.2) is 9.84 Å². The maximum Gasteiger partial charge on any atom is 0.252 e. The van der Waals surface area contributed by atoms with Gasteiger partial charge in [0.1, 0.15) is 5.82 Å². The number of nitrogens with zero attached hydrogens (tertiary/aromatic N) is 2. The lowest BCUT2D eigenvalue weighted by Gasteiger charge is -2.38. The molecule has 2 saturated heterocycles. The second kappa shape index (κ2) is 6.17. The first-order chi connectivity index (χ1) is 13.0. The Balaban J connectivity index is 1.57. The fourth-order valence-electron chi connectivity index (χ4n) is 4.14. The van der Waals surface area contributed by atoms with E-state index in [0.29, 0.717) is 24.5 Å². The number of carbonyl (C=O) groups excluding carboxylic acids is 1. The molecule has 1 saturated carbocycles. The van der Waals surface area contributed by atoms with Crippen molar-refractivity contribution in [3.05, 3.63) is 35.9 Å². The van der Waals surface area contributed by atoms with Gasteiger partial charge in [0.2, 0.25) is 0 Å². The minimum Gasteiger partial charge on any atom is -0.350 e. The third-order valence-electron chi connectivity index (χ3n) is 5.64. The Kier molecular flexibility index (Phi) is 3.87. The summed E-state index contributed by atoms with van der Waals surface area (Å²) in [6.45, 7) is 1.38. The summed E-state index contributed by atoms with van der Waals surface area (Å²) in [5.41, 5.74) is 1.37. The monoisotopic (exact) mass is 386 g/mol. The van der Waals surface area contributed by atoms with E-state index in [0.717, 1.165) is 23.7 Å². The summed E-state index contributed by atoms with van der Waals surface area (Å²) in [5.74, 6) is 0.894. The van der Waals surface area contributed by atoms with Crippen molar-refractivity contribution in [2.45, 2.75) is 31.0 Å². The predicted octanol–water partition coefficient (Wildman–Crippen LogP) is 0.702. The Morgan fingerprint density at radius 3 is 2.85 bits per heavy atom. The molecule has 5 rings (SSSR count). The fraction of sp³-hybridized carbons (Fsp3) is 0.474. The number of carbonyl (C=O) groups is 1. The van der Waals surface area contributed by atoms with Crippen LogP contribution in [-0.2, 0) is 9.84 Å². The molecule has 2 N–H and O–H groups in total. The van der Waals surface area contributed by atoms with Gasteiger partial charge in [-0.1, -0.05) is 18.2 Å². The summed E-state index contributed by atoms with van der Waals surface area (Å²) >= 11 is 0. The van der Waals surface area contributed by atoms with Crippen molar-refractivity contribution in [1.29, 1.82) is 0 Å². The quantitative estimate of drug-likeness (QED) is 0.807. The van der Waals surface area contributed by atoms with Crippen LogP contribution in [0.5, 0.6) is 0 Å². The maximum absolute atomic E-state index is 12.8. The number of rotatable bonds is 3. The highest BCUT2D eigenvalue weighted by Crippen LogP contribution is 2.30. The number of benzene rings is 1. The Morgan fingerprint density at radius 2 is 2.04 bits per heavy atom. The summed E-state index contributed by atoms with van der Waals surface area (Å²) < 4.78 is 24.3. The molecule has 142 valence electrons. The van der Waals surface area contributed by atoms with Gasteiger partial charge in [0.05, 0.1) is 28.6 Å². The first-order valence-corrected chi connectivity index (χ1v) is 11.2. The highest BCUT2D eigenvalue weighted by Gasteiger charge is 2.43. The number of hydrogen-bond donors (Lipinski definition) is 2. The van der Waals surface area contributed by atoms with Crippen molar-refractivity contribution in [2.75, 3.05) is 29.5 Å². The van der Waals surface area contributed by atoms with Gasteiger partial charge in [-0.2, -0.15) is 0 Å². The van der Waals surface area contributed by atoms with Crippen LogP contribution in [-0.4, -0.2) is 62.0 Å². The molecule has 1 aromatic heterocycles. The van der Waals surface area contributed by atoms with Crippen LogP contribution in [0.3, 0.4) is 0 Å². The van der Waals surface area contributed by atoms with Crippen LogP contribution in [0.15, 0.2) is 30.3 Å². The third kappa shape index (κ3) is 3.17. The minimum absolute atomic E-state index is 0.0805. The van der Waals surface area contributed by atoms with Gasteiger partial charge in [-0.15, -0.1) is 0 Å². The molecule has 7 nitrogen and oxygen atoms in total. The second-order valence-corrected chi connectivity index (χ2v) is 9.84. The summed E-state index contributed by atoms with van der Waals surface area (Å²) in [7, 11) is -3.06. The number of fused-ring (bicyclic) bond motifs is 2. The van der Waals surface area contributed by atoms with E-state index in [1.807, 2.05) is 30.3 Å². The molecule has 2 aliphatic heterocycles. The first kappa shape index (κ1) is 16.9. The fourth-order valence-corrected chi connectivity index (χ4v) is 6.09. The first-order valence-electron chi connectivity index (χ1n) is 9.41. The number of aromatic nitrogens is 1. The number of sulfone groups is 1. The zero-order valence-corrected chi connectivity index (χ0v) is 15.7. The summed E-state index contributed by atoms with van der Waals surface area (Å²) in [5, 5.41) is 7.20. The van der Waals surface area contributed by atoms with Crippen LogP contribution in [0.2, 0.25) is 0 Å². The van der Waals surface area contributed by atoms with Crippen molar-refractivity contribution in [2.24, 2.45) is 0 Å². The molecule has 0 bridgehead atoms. The molecule has 2 aromatic rings. The summed E-state index contributed by atoms with van der Waals surface area (Å²) in [6, 6.07) is 9.50. The number of hydrogen-bond acceptors (Lipinski definition) is 6. The molecule has 0 radical (unpaired) electrons. The predicted molar refractivity (Wildman–Crippen MR) is 104 cm³/mol. The molecule has 8 heteroatoms. The molecule has 3 fully saturated rings. The number of para-hydroxylation sites is 1. The van der Waals surface area contributed by atoms with Gasteiger partial charge in [-0.3, -0.25) is 4.79 Å². The molecule has 0 unspecified atom stereocenters. The third-order valence-corrected chi connectivity index (χ3v) is 7.35. The summed E-state index contributed by atoms with van der Waals surface area (Å²) in [4.78, 5) is 19.6. The van der Waals surface area contributed by atoms with Gasteiger partial charge < -0.3 is 15.5 Å². The lowest BCUT2D eigenvalue weighted by atomic mass is 10.0. The van der Waals surface area contributed by atoms with Crippen molar-refractivity contribution >= 4 is 32.5 Å². The molecule has 3 heterocycles. The van der Waals surface area contributed by atoms with Gasteiger partial charge in [-0.05, 0) is 25.0 Å². The van der Waals surface area contributed by atoms with E-state index in [2.05, 4.69) is 15.5 Å². The Morgan fingerprint density at radius 1 is 1.22 bits per heavy atom. The lowest BCUT2D eigenvalue weighted by Crippen LogP contribution is -2.57. The van der Waals surface area contributed by atoms with Crippen LogP contribution < -0.4 is 15.5 Å². The second-order valence-electron chi connectivity index (χ2n) is 7.69. The summed E-state index contributed by atoms with van der Waals surface area (Å²) in [6.07, 6.45) is 2.06. The normalized spacial score (nSPS) is 26.7. The molecule has 27 heavy (non-hydrogen) atoms. The van der Waals surface area contributed by atoms with Gasteiger partial charge in [-0.25, -0.2) is 13.4 Å². The largest absolute Gasteiger partial charge is 0.350 e. The van der Waals surface area contributed by atoms with Crippen LogP contribution in [0.4, 0.5) is 5.82 Å².